The van der Waals surface area contributed by atoms with Crippen molar-refractivity contribution in [3.8, 4) is 0 Å². The standard InChI is InChI=1S/C24H15BO3.C24H14O.C4H8O.C4H9.CH4.Li/c26-25(27)22-11-5-10-18-21-12-19-16-8-3-1-6-14(16)15-7-2-4-9-17(15)20(19)13-23(21)28-24(18)22;1-3-9-17-15(7-1)16-8-2-4-10-18(16)21-14-24-22(13-20(17)21)19-11-5-6-12-23(19)25-24;1-2-4-5-3-1;1-3-4-2;;/h1-13,26-27H;1-14H;1-4H2;1,3-4H2,2H3;1H4;/q;;;-1;;+1. The summed E-state index contributed by atoms with van der Waals surface area (Å²) in [7, 11) is -1.57. The molecule has 1 aliphatic rings. The first-order chi connectivity index (χ1) is 30.5. The summed E-state index contributed by atoms with van der Waals surface area (Å²) in [5, 5.41) is 38.5. The fraction of sp³-hybridized carbons (Fsp3) is 0.140. The molecule has 12 aromatic rings. The van der Waals surface area contributed by atoms with Crippen LogP contribution in [0.4, 0.5) is 0 Å². The van der Waals surface area contributed by atoms with Gasteiger partial charge in [-0.2, -0.15) is 6.42 Å². The van der Waals surface area contributed by atoms with E-state index in [0.29, 0.717) is 11.0 Å². The Labute approximate surface area is 385 Å². The van der Waals surface area contributed by atoms with Crippen molar-refractivity contribution in [2.45, 2.75) is 40.0 Å². The Bertz CT molecular complexity index is 3580. The summed E-state index contributed by atoms with van der Waals surface area (Å²) in [6.45, 7) is 7.72. The Kier molecular flexibility index (Phi) is 13.4. The van der Waals surface area contributed by atoms with Crippen LogP contribution in [0.5, 0.6) is 0 Å². The molecule has 0 amide bonds. The van der Waals surface area contributed by atoms with Gasteiger partial charge in [0.1, 0.15) is 22.3 Å². The molecule has 7 heteroatoms. The normalized spacial score (nSPS) is 12.2. The second kappa shape index (κ2) is 19.3. The van der Waals surface area contributed by atoms with Crippen LogP contribution in [0, 0.1) is 6.92 Å². The third-order valence-corrected chi connectivity index (χ3v) is 12.1. The first kappa shape index (κ1) is 44.5. The third kappa shape index (κ3) is 8.03. The maximum atomic E-state index is 9.71. The number of unbranched alkanes of at least 4 members (excludes halogenated alkanes) is 1. The molecule has 1 aliphatic heterocycles. The molecule has 312 valence electrons. The first-order valence-corrected chi connectivity index (χ1v) is 21.6. The van der Waals surface area contributed by atoms with Crippen molar-refractivity contribution in [3.05, 3.63) is 171 Å². The van der Waals surface area contributed by atoms with E-state index in [4.69, 9.17) is 13.6 Å². The summed E-state index contributed by atoms with van der Waals surface area (Å²) in [5.41, 5.74) is 3.55. The molecule has 13 rings (SSSR count). The Morgan fingerprint density at radius 2 is 0.797 bits per heavy atom. The SMILES string of the molecule is C.C1CCOC1.OB(O)c1cccc2c1oc1cc3c4ccccc4c4ccccc4c3cc12.[CH2-]CCC.[Li+].c1ccc2c(c1)oc1cc3c4ccccc4c4ccccc4c3cc12. The number of hydrogen-bond donors (Lipinski definition) is 2. The molecule has 0 atom stereocenters. The minimum atomic E-state index is -1.57. The molecule has 5 nitrogen and oxygen atoms in total. The molecule has 0 aliphatic carbocycles. The van der Waals surface area contributed by atoms with Gasteiger partial charge < -0.3 is 30.5 Å². The van der Waals surface area contributed by atoms with E-state index in [2.05, 4.69) is 147 Å². The van der Waals surface area contributed by atoms with E-state index in [9.17, 15) is 10.0 Å². The molecule has 0 saturated carbocycles. The minimum Gasteiger partial charge on any atom is -0.456 e. The zero-order valence-electron chi connectivity index (χ0n) is 35.7. The molecule has 1 saturated heterocycles. The quantitative estimate of drug-likeness (QED) is 0.103. The van der Waals surface area contributed by atoms with Gasteiger partial charge in [-0.05, 0) is 108 Å². The van der Waals surface area contributed by atoms with Gasteiger partial charge in [-0.25, -0.2) is 0 Å². The van der Waals surface area contributed by atoms with Crippen molar-refractivity contribution in [1.29, 1.82) is 0 Å². The van der Waals surface area contributed by atoms with Crippen LogP contribution in [0.3, 0.4) is 0 Å². The summed E-state index contributed by atoms with van der Waals surface area (Å²) in [6.07, 6.45) is 4.83. The van der Waals surface area contributed by atoms with E-state index in [0.717, 1.165) is 52.5 Å². The van der Waals surface area contributed by atoms with Crippen LogP contribution in [-0.2, 0) is 4.74 Å². The maximum Gasteiger partial charge on any atom is 1.00 e. The molecule has 0 unspecified atom stereocenters. The van der Waals surface area contributed by atoms with Crippen LogP contribution >= 0.6 is 0 Å². The molecule has 2 N–H and O–H groups in total. The van der Waals surface area contributed by atoms with Gasteiger partial charge in [0.2, 0.25) is 0 Å². The average molecular weight is 833 g/mol. The van der Waals surface area contributed by atoms with Gasteiger partial charge in [-0.3, -0.25) is 0 Å². The van der Waals surface area contributed by atoms with Crippen molar-refractivity contribution in [2.75, 3.05) is 13.2 Å². The van der Waals surface area contributed by atoms with Crippen LogP contribution in [0.1, 0.15) is 40.0 Å². The number of furan rings is 2. The van der Waals surface area contributed by atoms with E-state index in [-0.39, 0.29) is 26.3 Å². The molecule has 2 aromatic heterocycles. The van der Waals surface area contributed by atoms with Crippen LogP contribution in [-0.4, -0.2) is 30.4 Å². The van der Waals surface area contributed by atoms with Crippen LogP contribution in [0.25, 0.3) is 109 Å². The zero-order chi connectivity index (χ0) is 42.2. The summed E-state index contributed by atoms with van der Waals surface area (Å²) in [5.74, 6) is 0. The number of para-hydroxylation sites is 2. The predicted molar refractivity (Wildman–Crippen MR) is 269 cm³/mol. The monoisotopic (exact) mass is 832 g/mol. The Hall–Kier alpha value is -6.10. The largest absolute Gasteiger partial charge is 1.00 e. The molecular formula is C57H50BLiO5. The molecule has 64 heavy (non-hydrogen) atoms. The summed E-state index contributed by atoms with van der Waals surface area (Å²) in [6, 6.07) is 56.7. The van der Waals surface area contributed by atoms with Crippen LogP contribution < -0.4 is 24.3 Å². The van der Waals surface area contributed by atoms with Gasteiger partial charge in [-0.1, -0.05) is 154 Å². The average Bonchev–Trinajstić information content (AvgIpc) is 4.11. The van der Waals surface area contributed by atoms with Crippen molar-refractivity contribution in [3.63, 3.8) is 0 Å². The Morgan fingerprint density at radius 1 is 0.438 bits per heavy atom. The summed E-state index contributed by atoms with van der Waals surface area (Å²) >= 11 is 0. The van der Waals surface area contributed by atoms with Crippen molar-refractivity contribution in [1.82, 2.24) is 0 Å². The van der Waals surface area contributed by atoms with Crippen LogP contribution in [0.2, 0.25) is 0 Å². The molecule has 0 radical (unpaired) electrons. The number of hydrogen-bond acceptors (Lipinski definition) is 5. The van der Waals surface area contributed by atoms with Gasteiger partial charge in [0.15, 0.2) is 0 Å². The van der Waals surface area contributed by atoms with E-state index >= 15 is 0 Å². The van der Waals surface area contributed by atoms with Gasteiger partial charge in [0.05, 0.1) is 0 Å². The Balaban J connectivity index is 0.000000144. The van der Waals surface area contributed by atoms with E-state index in [1.54, 1.807) is 6.07 Å². The molecule has 1 fully saturated rings. The second-order valence-corrected chi connectivity index (χ2v) is 15.9. The molecular weight excluding hydrogens is 782 g/mol. The predicted octanol–water partition coefficient (Wildman–Crippen LogP) is 11.8. The van der Waals surface area contributed by atoms with Gasteiger partial charge in [-0.15, -0.1) is 0 Å². The molecule has 0 bridgehead atoms. The second-order valence-electron chi connectivity index (χ2n) is 15.9. The zero-order valence-corrected chi connectivity index (χ0v) is 35.7. The molecule has 0 spiro atoms. The third-order valence-electron chi connectivity index (χ3n) is 12.1. The topological polar surface area (TPSA) is 76.0 Å². The van der Waals surface area contributed by atoms with E-state index < -0.39 is 7.12 Å². The number of benzene rings is 10. The van der Waals surface area contributed by atoms with E-state index in [1.165, 1.54) is 89.3 Å². The smallest absolute Gasteiger partial charge is 0.456 e. The number of rotatable bonds is 2. The summed E-state index contributed by atoms with van der Waals surface area (Å²) < 4.78 is 17.2. The fourth-order valence-electron chi connectivity index (χ4n) is 9.05. The number of ether oxygens (including phenoxy) is 1. The van der Waals surface area contributed by atoms with Gasteiger partial charge in [0.25, 0.3) is 0 Å². The first-order valence-electron chi connectivity index (χ1n) is 21.6. The van der Waals surface area contributed by atoms with Crippen molar-refractivity contribution < 1.29 is 42.5 Å². The van der Waals surface area contributed by atoms with Gasteiger partial charge in [0, 0.05) is 40.2 Å². The molecule has 3 heterocycles. The van der Waals surface area contributed by atoms with Crippen molar-refractivity contribution in [2.24, 2.45) is 0 Å². The number of fused-ring (bicyclic) bond motifs is 18. The Morgan fingerprint density at radius 3 is 1.20 bits per heavy atom. The van der Waals surface area contributed by atoms with Gasteiger partial charge >= 0.3 is 26.0 Å². The van der Waals surface area contributed by atoms with E-state index in [1.807, 2.05) is 24.3 Å². The van der Waals surface area contributed by atoms with Crippen LogP contribution in [0.15, 0.2) is 173 Å². The molecule has 10 aromatic carbocycles. The summed E-state index contributed by atoms with van der Waals surface area (Å²) in [4.78, 5) is 0. The minimum absolute atomic E-state index is 0. The van der Waals surface area contributed by atoms with Crippen molar-refractivity contribution >= 4 is 121 Å². The fourth-order valence-corrected chi connectivity index (χ4v) is 9.05. The maximum absolute atomic E-state index is 9.71.